The van der Waals surface area contributed by atoms with Crippen LogP contribution in [-0.4, -0.2) is 18.1 Å². The van der Waals surface area contributed by atoms with E-state index in [0.717, 1.165) is 19.1 Å². The maximum atomic E-state index is 3.44. The Morgan fingerprint density at radius 3 is 2.93 bits per heavy atom. The SMILES string of the molecule is CC(C)CN1CNc2ccccc2C1. The zero-order chi connectivity index (χ0) is 9.97. The van der Waals surface area contributed by atoms with Gasteiger partial charge in [0.25, 0.3) is 0 Å². The van der Waals surface area contributed by atoms with Crippen molar-refractivity contribution in [1.82, 2.24) is 4.90 Å². The largest absolute Gasteiger partial charge is 0.372 e. The summed E-state index contributed by atoms with van der Waals surface area (Å²) < 4.78 is 0. The van der Waals surface area contributed by atoms with Crippen LogP contribution in [-0.2, 0) is 6.54 Å². The maximum absolute atomic E-state index is 3.44. The summed E-state index contributed by atoms with van der Waals surface area (Å²) in [5, 5.41) is 3.44. The summed E-state index contributed by atoms with van der Waals surface area (Å²) in [5.41, 5.74) is 2.71. The van der Waals surface area contributed by atoms with E-state index in [0.29, 0.717) is 0 Å². The Morgan fingerprint density at radius 1 is 1.36 bits per heavy atom. The van der Waals surface area contributed by atoms with Crippen molar-refractivity contribution in [1.29, 1.82) is 0 Å². The standard InChI is InChI=1S/C12H18N2/c1-10(2)7-14-8-11-5-3-4-6-12(11)13-9-14/h3-6,10,13H,7-9H2,1-2H3. The lowest BCUT2D eigenvalue weighted by molar-refractivity contribution is 0.245. The van der Waals surface area contributed by atoms with Crippen molar-refractivity contribution in [3.8, 4) is 0 Å². The molecule has 0 bridgehead atoms. The fraction of sp³-hybridized carbons (Fsp3) is 0.500. The number of benzene rings is 1. The van der Waals surface area contributed by atoms with E-state index < -0.39 is 0 Å². The number of hydrogen-bond acceptors (Lipinski definition) is 2. The van der Waals surface area contributed by atoms with Gasteiger partial charge >= 0.3 is 0 Å². The van der Waals surface area contributed by atoms with Gasteiger partial charge in [0.2, 0.25) is 0 Å². The minimum Gasteiger partial charge on any atom is -0.372 e. The minimum absolute atomic E-state index is 0.738. The topological polar surface area (TPSA) is 15.3 Å². The van der Waals surface area contributed by atoms with Crippen LogP contribution in [0.3, 0.4) is 0 Å². The third-order valence-corrected chi connectivity index (χ3v) is 2.53. The van der Waals surface area contributed by atoms with E-state index in [-0.39, 0.29) is 0 Å². The van der Waals surface area contributed by atoms with Gasteiger partial charge < -0.3 is 5.32 Å². The zero-order valence-electron chi connectivity index (χ0n) is 8.96. The molecule has 0 spiro atoms. The number of nitrogens with one attached hydrogen (secondary N) is 1. The van der Waals surface area contributed by atoms with Crippen LogP contribution < -0.4 is 5.32 Å². The van der Waals surface area contributed by atoms with Crippen LogP contribution >= 0.6 is 0 Å². The summed E-state index contributed by atoms with van der Waals surface area (Å²) in [6.45, 7) is 7.76. The molecule has 2 nitrogen and oxygen atoms in total. The molecular weight excluding hydrogens is 172 g/mol. The van der Waals surface area contributed by atoms with Gasteiger partial charge in [-0.3, -0.25) is 4.90 Å². The van der Waals surface area contributed by atoms with Crippen LogP contribution in [0.1, 0.15) is 19.4 Å². The van der Waals surface area contributed by atoms with E-state index in [1.165, 1.54) is 17.8 Å². The first kappa shape index (κ1) is 9.53. The second-order valence-electron chi connectivity index (χ2n) is 4.40. The average molecular weight is 190 g/mol. The average Bonchev–Trinajstić information content (AvgIpc) is 2.17. The molecule has 0 fully saturated rings. The molecule has 2 heteroatoms. The molecule has 0 atom stereocenters. The Hall–Kier alpha value is -1.02. The summed E-state index contributed by atoms with van der Waals surface area (Å²) in [6.07, 6.45) is 0. The first-order valence-corrected chi connectivity index (χ1v) is 5.30. The molecule has 76 valence electrons. The third kappa shape index (κ3) is 2.07. The van der Waals surface area contributed by atoms with Gasteiger partial charge in [-0.1, -0.05) is 32.0 Å². The molecule has 1 heterocycles. The highest BCUT2D eigenvalue weighted by atomic mass is 15.2. The second-order valence-corrected chi connectivity index (χ2v) is 4.40. The third-order valence-electron chi connectivity index (χ3n) is 2.53. The smallest absolute Gasteiger partial charge is 0.0681 e. The van der Waals surface area contributed by atoms with Crippen LogP contribution in [0.5, 0.6) is 0 Å². The zero-order valence-corrected chi connectivity index (χ0v) is 8.96. The number of fused-ring (bicyclic) bond motifs is 1. The molecule has 0 saturated heterocycles. The van der Waals surface area contributed by atoms with Gasteiger partial charge in [0.1, 0.15) is 0 Å². The molecule has 0 amide bonds. The van der Waals surface area contributed by atoms with Gasteiger partial charge in [0.15, 0.2) is 0 Å². The van der Waals surface area contributed by atoms with E-state index in [1.54, 1.807) is 0 Å². The molecule has 1 aromatic rings. The first-order chi connectivity index (χ1) is 6.75. The number of rotatable bonds is 2. The number of anilines is 1. The highest BCUT2D eigenvalue weighted by Gasteiger charge is 2.14. The fourth-order valence-corrected chi connectivity index (χ4v) is 1.97. The van der Waals surface area contributed by atoms with Crippen molar-refractivity contribution in [3.63, 3.8) is 0 Å². The maximum Gasteiger partial charge on any atom is 0.0681 e. The quantitative estimate of drug-likeness (QED) is 0.771. The van der Waals surface area contributed by atoms with Gasteiger partial charge in [-0.2, -0.15) is 0 Å². The fourth-order valence-electron chi connectivity index (χ4n) is 1.97. The van der Waals surface area contributed by atoms with Crippen molar-refractivity contribution < 1.29 is 0 Å². The van der Waals surface area contributed by atoms with E-state index >= 15 is 0 Å². The predicted octanol–water partition coefficient (Wildman–Crippen LogP) is 2.53. The van der Waals surface area contributed by atoms with Gasteiger partial charge in [-0.25, -0.2) is 0 Å². The Bertz CT molecular complexity index is 307. The van der Waals surface area contributed by atoms with Gasteiger partial charge in [-0.05, 0) is 17.5 Å². The van der Waals surface area contributed by atoms with Crippen molar-refractivity contribution in [2.45, 2.75) is 20.4 Å². The Labute approximate surface area is 85.9 Å². The van der Waals surface area contributed by atoms with Crippen molar-refractivity contribution >= 4 is 5.69 Å². The van der Waals surface area contributed by atoms with Crippen molar-refractivity contribution in [3.05, 3.63) is 29.8 Å². The van der Waals surface area contributed by atoms with Crippen LogP contribution in [0.25, 0.3) is 0 Å². The molecule has 1 aromatic carbocycles. The summed E-state index contributed by atoms with van der Waals surface area (Å²) >= 11 is 0. The highest BCUT2D eigenvalue weighted by molar-refractivity contribution is 5.52. The molecule has 0 aliphatic carbocycles. The monoisotopic (exact) mass is 190 g/mol. The summed E-state index contributed by atoms with van der Waals surface area (Å²) in [4.78, 5) is 2.45. The van der Waals surface area contributed by atoms with E-state index in [2.05, 4.69) is 48.3 Å². The second kappa shape index (κ2) is 4.01. The summed E-state index contributed by atoms with van der Waals surface area (Å²) in [5.74, 6) is 0.738. The van der Waals surface area contributed by atoms with Crippen molar-refractivity contribution in [2.75, 3.05) is 18.5 Å². The van der Waals surface area contributed by atoms with Gasteiger partial charge in [-0.15, -0.1) is 0 Å². The summed E-state index contributed by atoms with van der Waals surface area (Å²) in [7, 11) is 0. The number of nitrogens with zero attached hydrogens (tertiary/aromatic N) is 1. The highest BCUT2D eigenvalue weighted by Crippen LogP contribution is 2.21. The predicted molar refractivity (Wildman–Crippen MR) is 60.2 cm³/mol. The molecule has 0 aromatic heterocycles. The van der Waals surface area contributed by atoms with Crippen molar-refractivity contribution in [2.24, 2.45) is 5.92 Å². The first-order valence-electron chi connectivity index (χ1n) is 5.30. The molecule has 0 saturated carbocycles. The molecule has 0 radical (unpaired) electrons. The van der Waals surface area contributed by atoms with Crippen LogP contribution in [0.4, 0.5) is 5.69 Å². The molecule has 1 aliphatic rings. The molecule has 14 heavy (non-hydrogen) atoms. The van der Waals surface area contributed by atoms with Crippen LogP contribution in [0.15, 0.2) is 24.3 Å². The Balaban J connectivity index is 2.06. The normalized spacial score (nSPS) is 16.5. The molecule has 1 aliphatic heterocycles. The van der Waals surface area contributed by atoms with E-state index in [4.69, 9.17) is 0 Å². The lowest BCUT2D eigenvalue weighted by Crippen LogP contribution is -2.35. The van der Waals surface area contributed by atoms with Gasteiger partial charge in [0.05, 0.1) is 6.67 Å². The van der Waals surface area contributed by atoms with E-state index in [9.17, 15) is 0 Å². The number of para-hydroxylation sites is 1. The Kier molecular flexibility index (Phi) is 2.73. The van der Waals surface area contributed by atoms with Crippen LogP contribution in [0, 0.1) is 5.92 Å². The van der Waals surface area contributed by atoms with Crippen LogP contribution in [0.2, 0.25) is 0 Å². The molecule has 1 N–H and O–H groups in total. The molecule has 0 unspecified atom stereocenters. The number of hydrogen-bond donors (Lipinski definition) is 1. The molecular formula is C12H18N2. The lowest BCUT2D eigenvalue weighted by atomic mass is 10.1. The summed E-state index contributed by atoms with van der Waals surface area (Å²) in [6, 6.07) is 8.56. The minimum atomic E-state index is 0.738. The molecule has 2 rings (SSSR count). The Morgan fingerprint density at radius 2 is 2.14 bits per heavy atom. The van der Waals surface area contributed by atoms with E-state index in [1.807, 2.05) is 0 Å². The van der Waals surface area contributed by atoms with Gasteiger partial charge in [0, 0.05) is 18.8 Å². The lowest BCUT2D eigenvalue weighted by Gasteiger charge is -2.30.